The number of hydrogen-bond acceptors (Lipinski definition) is 5. The predicted molar refractivity (Wildman–Crippen MR) is 121 cm³/mol. The summed E-state index contributed by atoms with van der Waals surface area (Å²) >= 11 is 0. The highest BCUT2D eigenvalue weighted by molar-refractivity contribution is 7.88. The van der Waals surface area contributed by atoms with Crippen molar-refractivity contribution in [3.63, 3.8) is 0 Å². The van der Waals surface area contributed by atoms with Crippen molar-refractivity contribution in [3.8, 4) is 16.9 Å². The number of nitrogens with two attached hydrogens (primary N) is 1. The Morgan fingerprint density at radius 2 is 1.90 bits per heavy atom. The van der Waals surface area contributed by atoms with E-state index in [0.717, 1.165) is 40.8 Å². The molecule has 0 atom stereocenters. The van der Waals surface area contributed by atoms with E-state index in [1.165, 1.54) is 0 Å². The van der Waals surface area contributed by atoms with Crippen LogP contribution in [0.3, 0.4) is 0 Å². The summed E-state index contributed by atoms with van der Waals surface area (Å²) in [5, 5.41) is 11.4. The van der Waals surface area contributed by atoms with E-state index >= 15 is 0 Å². The molecule has 1 aromatic heterocycles. The molecule has 8 heteroatoms. The lowest BCUT2D eigenvalue weighted by Crippen LogP contribution is -2.14. The third-order valence-electron chi connectivity index (χ3n) is 5.21. The first kappa shape index (κ1) is 21.0. The van der Waals surface area contributed by atoms with Gasteiger partial charge in [-0.3, -0.25) is 4.79 Å². The van der Waals surface area contributed by atoms with Crippen molar-refractivity contribution in [1.82, 2.24) is 10.2 Å². The lowest BCUT2D eigenvalue weighted by molar-refractivity contribution is 0.409. The summed E-state index contributed by atoms with van der Waals surface area (Å²) in [6.45, 7) is 0. The fraction of sp³-hybridized carbons (Fsp3) is 0.217. The van der Waals surface area contributed by atoms with E-state index < -0.39 is 10.0 Å². The molecule has 7 nitrogen and oxygen atoms in total. The highest BCUT2D eigenvalue weighted by Gasteiger charge is 2.28. The molecular formula is C23H23N3O4S. The van der Waals surface area contributed by atoms with Gasteiger partial charge in [-0.25, -0.2) is 18.7 Å². The van der Waals surface area contributed by atoms with Crippen LogP contribution in [0.5, 0.6) is 5.75 Å². The molecule has 3 N–H and O–H groups in total. The number of nitrogens with one attached hydrogen (secondary N) is 1. The van der Waals surface area contributed by atoms with E-state index in [2.05, 4.69) is 10.2 Å². The first-order valence-corrected chi connectivity index (χ1v) is 11.6. The molecule has 1 fully saturated rings. The second kappa shape index (κ2) is 8.49. The molecular weight excluding hydrogens is 414 g/mol. The van der Waals surface area contributed by atoms with Crippen LogP contribution in [0.2, 0.25) is 0 Å². The molecule has 0 spiro atoms. The van der Waals surface area contributed by atoms with Gasteiger partial charge >= 0.3 is 0 Å². The van der Waals surface area contributed by atoms with Crippen LogP contribution in [0, 0.1) is 0 Å². The van der Waals surface area contributed by atoms with Crippen LogP contribution >= 0.6 is 0 Å². The van der Waals surface area contributed by atoms with Gasteiger partial charge in [0.2, 0.25) is 10.0 Å². The standard InChI is InChI=1S/C23H23N3O4S/c1-30-22-18(7-6-15-2-4-16(5-3-15)14-31(24,28)29)12-19(13-21(22)17-8-9-17)20-10-11-25-26-23(20)27/h2-7,10-13,17H,8-9,14H2,1H3,(H,26,27)(H2,24,28,29). The number of nitrogens with zero attached hydrogens (tertiary/aromatic N) is 1. The summed E-state index contributed by atoms with van der Waals surface area (Å²) in [5.41, 5.74) is 4.63. The molecule has 0 aliphatic heterocycles. The second-order valence-electron chi connectivity index (χ2n) is 7.64. The van der Waals surface area contributed by atoms with Gasteiger partial charge in [-0.05, 0) is 59.2 Å². The fourth-order valence-electron chi connectivity index (χ4n) is 3.60. The summed E-state index contributed by atoms with van der Waals surface area (Å²) in [7, 11) is -1.91. The van der Waals surface area contributed by atoms with E-state index in [9.17, 15) is 13.2 Å². The van der Waals surface area contributed by atoms with Crippen LogP contribution in [0.15, 0.2) is 53.5 Å². The number of hydrogen-bond donors (Lipinski definition) is 2. The Hall–Kier alpha value is -3.23. The molecule has 1 saturated carbocycles. The number of ether oxygens (including phenoxy) is 1. The van der Waals surface area contributed by atoms with Crippen molar-refractivity contribution in [3.05, 3.63) is 81.3 Å². The average molecular weight is 438 g/mol. The first-order chi connectivity index (χ1) is 14.8. The van der Waals surface area contributed by atoms with Gasteiger partial charge in [0.15, 0.2) is 0 Å². The van der Waals surface area contributed by atoms with Crippen molar-refractivity contribution >= 4 is 22.2 Å². The highest BCUT2D eigenvalue weighted by atomic mass is 32.2. The summed E-state index contributed by atoms with van der Waals surface area (Å²) in [6.07, 6.45) is 7.63. The van der Waals surface area contributed by atoms with E-state index in [1.54, 1.807) is 31.5 Å². The minimum atomic E-state index is -3.56. The summed E-state index contributed by atoms with van der Waals surface area (Å²) in [6, 6.07) is 12.8. The zero-order valence-corrected chi connectivity index (χ0v) is 17.9. The Bertz CT molecular complexity index is 1290. The van der Waals surface area contributed by atoms with Gasteiger partial charge in [-0.15, -0.1) is 0 Å². The van der Waals surface area contributed by atoms with Crippen molar-refractivity contribution in [2.75, 3.05) is 7.11 Å². The van der Waals surface area contributed by atoms with Gasteiger partial charge in [0.25, 0.3) is 5.56 Å². The van der Waals surface area contributed by atoms with Gasteiger partial charge in [-0.2, -0.15) is 5.10 Å². The molecule has 0 radical (unpaired) electrons. The van der Waals surface area contributed by atoms with Crippen molar-refractivity contribution < 1.29 is 13.2 Å². The molecule has 1 aliphatic rings. The van der Waals surface area contributed by atoms with Crippen LogP contribution in [0.1, 0.15) is 41.0 Å². The number of rotatable bonds is 7. The Labute approximate surface area is 180 Å². The molecule has 31 heavy (non-hydrogen) atoms. The summed E-state index contributed by atoms with van der Waals surface area (Å²) in [4.78, 5) is 12.3. The Kier molecular flexibility index (Phi) is 5.75. The fourth-order valence-corrected chi connectivity index (χ4v) is 4.26. The molecule has 0 unspecified atom stereocenters. The number of H-pyrrole nitrogens is 1. The molecule has 0 bridgehead atoms. The zero-order chi connectivity index (χ0) is 22.0. The van der Waals surface area contributed by atoms with Crippen LogP contribution in [0.4, 0.5) is 0 Å². The van der Waals surface area contributed by atoms with Gasteiger partial charge in [-0.1, -0.05) is 36.4 Å². The number of aromatic nitrogens is 2. The summed E-state index contributed by atoms with van der Waals surface area (Å²) in [5.74, 6) is 1.04. The molecule has 4 rings (SSSR count). The van der Waals surface area contributed by atoms with E-state index in [-0.39, 0.29) is 11.3 Å². The third kappa shape index (κ3) is 5.10. The molecule has 1 aliphatic carbocycles. The van der Waals surface area contributed by atoms with Gasteiger partial charge in [0.05, 0.1) is 18.4 Å². The first-order valence-electron chi connectivity index (χ1n) is 9.87. The lowest BCUT2D eigenvalue weighted by atomic mass is 9.96. The number of primary sulfonamides is 1. The monoisotopic (exact) mass is 437 g/mol. The number of methoxy groups -OCH3 is 1. The minimum Gasteiger partial charge on any atom is -0.496 e. The Balaban J connectivity index is 1.71. The van der Waals surface area contributed by atoms with Crippen LogP contribution in [0.25, 0.3) is 23.3 Å². The topological polar surface area (TPSA) is 115 Å². The second-order valence-corrected chi connectivity index (χ2v) is 9.26. The largest absolute Gasteiger partial charge is 0.496 e. The molecule has 0 saturated heterocycles. The van der Waals surface area contributed by atoms with E-state index in [4.69, 9.17) is 9.88 Å². The average Bonchev–Trinajstić information content (AvgIpc) is 3.57. The molecule has 2 aromatic carbocycles. The maximum atomic E-state index is 12.3. The smallest absolute Gasteiger partial charge is 0.272 e. The molecule has 0 amide bonds. The minimum absolute atomic E-state index is 0.196. The maximum Gasteiger partial charge on any atom is 0.272 e. The van der Waals surface area contributed by atoms with E-state index in [1.807, 2.05) is 36.4 Å². The molecule has 3 aromatic rings. The molecule has 160 valence electrons. The highest BCUT2D eigenvalue weighted by Crippen LogP contribution is 2.47. The number of sulfonamides is 1. The quantitative estimate of drug-likeness (QED) is 0.551. The maximum absolute atomic E-state index is 12.3. The van der Waals surface area contributed by atoms with E-state index in [0.29, 0.717) is 17.0 Å². The number of aromatic amines is 1. The van der Waals surface area contributed by atoms with Crippen LogP contribution in [-0.2, 0) is 15.8 Å². The zero-order valence-electron chi connectivity index (χ0n) is 17.0. The molecule has 1 heterocycles. The Morgan fingerprint density at radius 1 is 1.16 bits per heavy atom. The van der Waals surface area contributed by atoms with Crippen LogP contribution in [-0.4, -0.2) is 25.7 Å². The lowest BCUT2D eigenvalue weighted by Gasteiger charge is -2.14. The van der Waals surface area contributed by atoms with Crippen molar-refractivity contribution in [2.45, 2.75) is 24.5 Å². The van der Waals surface area contributed by atoms with Crippen LogP contribution < -0.4 is 15.4 Å². The normalized spacial score (nSPS) is 14.1. The predicted octanol–water partition coefficient (Wildman–Crippen LogP) is 3.28. The number of benzene rings is 2. The van der Waals surface area contributed by atoms with Gasteiger partial charge in [0.1, 0.15) is 5.75 Å². The SMILES string of the molecule is COc1c(C=Cc2ccc(CS(N)(=O)=O)cc2)cc(-c2ccn[nH]c2=O)cc1C1CC1. The Morgan fingerprint density at radius 3 is 2.52 bits per heavy atom. The summed E-state index contributed by atoms with van der Waals surface area (Å²) < 4.78 is 28.2. The third-order valence-corrected chi connectivity index (χ3v) is 5.94. The van der Waals surface area contributed by atoms with Gasteiger partial charge < -0.3 is 4.74 Å². The van der Waals surface area contributed by atoms with Crippen molar-refractivity contribution in [1.29, 1.82) is 0 Å². The van der Waals surface area contributed by atoms with Crippen molar-refractivity contribution in [2.24, 2.45) is 5.14 Å². The van der Waals surface area contributed by atoms with Gasteiger partial charge in [0, 0.05) is 11.8 Å².